The topological polar surface area (TPSA) is 39.9 Å². The zero-order valence-electron chi connectivity index (χ0n) is 11.6. The highest BCUT2D eigenvalue weighted by atomic mass is 32.2. The van der Waals surface area contributed by atoms with E-state index in [1.165, 1.54) is 5.56 Å². The molecule has 21 heavy (non-hydrogen) atoms. The quantitative estimate of drug-likeness (QED) is 0.675. The third kappa shape index (κ3) is 3.25. The first kappa shape index (κ1) is 13.7. The lowest BCUT2D eigenvalue weighted by molar-refractivity contribution is 0.414. The van der Waals surface area contributed by atoms with E-state index in [4.69, 9.17) is 4.74 Å². The zero-order valence-corrected chi connectivity index (χ0v) is 12.5. The molecule has 0 saturated heterocycles. The van der Waals surface area contributed by atoms with E-state index in [1.807, 2.05) is 48.9 Å². The summed E-state index contributed by atoms with van der Waals surface area (Å²) in [5.41, 5.74) is 2.23. The largest absolute Gasteiger partial charge is 0.497 e. The number of rotatable bonds is 5. The second kappa shape index (κ2) is 6.45. The lowest BCUT2D eigenvalue weighted by Crippen LogP contribution is -1.96. The van der Waals surface area contributed by atoms with Crippen molar-refractivity contribution in [2.24, 2.45) is 0 Å². The number of nitrogens with zero attached hydrogens (tertiary/aromatic N) is 3. The summed E-state index contributed by atoms with van der Waals surface area (Å²) in [5, 5.41) is 0.951. The fourth-order valence-corrected chi connectivity index (χ4v) is 2.89. The molecule has 106 valence electrons. The van der Waals surface area contributed by atoms with E-state index >= 15 is 0 Å². The molecule has 5 heteroatoms. The van der Waals surface area contributed by atoms with Gasteiger partial charge < -0.3 is 4.74 Å². The number of hydrogen-bond acceptors (Lipinski definition) is 4. The number of hydrogen-bond donors (Lipinski definition) is 0. The summed E-state index contributed by atoms with van der Waals surface area (Å²) >= 11 is 1.69. The van der Waals surface area contributed by atoms with Crippen molar-refractivity contribution in [1.82, 2.24) is 14.5 Å². The Morgan fingerprint density at radius 1 is 1.19 bits per heavy atom. The number of aromatic nitrogens is 3. The molecule has 0 amide bonds. The Balaban J connectivity index is 1.80. The molecule has 2 heterocycles. The van der Waals surface area contributed by atoms with Crippen LogP contribution in [-0.4, -0.2) is 21.6 Å². The predicted octanol–water partition coefficient (Wildman–Crippen LogP) is 3.57. The molecule has 0 aliphatic heterocycles. The van der Waals surface area contributed by atoms with Gasteiger partial charge in [0.15, 0.2) is 5.16 Å². The van der Waals surface area contributed by atoms with Gasteiger partial charge in [-0.2, -0.15) is 0 Å². The second-order valence-electron chi connectivity index (χ2n) is 4.43. The number of pyridine rings is 1. The van der Waals surface area contributed by atoms with Crippen LogP contribution in [0.5, 0.6) is 5.75 Å². The van der Waals surface area contributed by atoms with Gasteiger partial charge in [-0.15, -0.1) is 0 Å². The highest BCUT2D eigenvalue weighted by Crippen LogP contribution is 2.25. The van der Waals surface area contributed by atoms with E-state index in [-0.39, 0.29) is 0 Å². The summed E-state index contributed by atoms with van der Waals surface area (Å²) in [7, 11) is 1.67. The molecule has 1 aromatic carbocycles. The molecule has 2 aromatic heterocycles. The number of ether oxygens (including phenoxy) is 1. The summed E-state index contributed by atoms with van der Waals surface area (Å²) in [6.07, 6.45) is 7.43. The summed E-state index contributed by atoms with van der Waals surface area (Å²) < 4.78 is 7.33. The summed E-state index contributed by atoms with van der Waals surface area (Å²) in [6.45, 7) is 0. The molecule has 0 spiro atoms. The molecule has 0 aliphatic rings. The van der Waals surface area contributed by atoms with Gasteiger partial charge in [0.25, 0.3) is 0 Å². The Morgan fingerprint density at radius 3 is 2.95 bits per heavy atom. The van der Waals surface area contributed by atoms with Crippen LogP contribution in [0.3, 0.4) is 0 Å². The average Bonchev–Trinajstić information content (AvgIpc) is 3.02. The van der Waals surface area contributed by atoms with Crippen molar-refractivity contribution >= 4 is 11.8 Å². The number of methoxy groups -OCH3 is 1. The van der Waals surface area contributed by atoms with Crippen LogP contribution in [-0.2, 0) is 5.75 Å². The Kier molecular flexibility index (Phi) is 4.21. The highest BCUT2D eigenvalue weighted by Gasteiger charge is 2.07. The van der Waals surface area contributed by atoms with Crippen molar-refractivity contribution in [2.45, 2.75) is 10.9 Å². The molecule has 3 aromatic rings. The van der Waals surface area contributed by atoms with Crippen molar-refractivity contribution in [1.29, 1.82) is 0 Å². The van der Waals surface area contributed by atoms with Crippen LogP contribution >= 0.6 is 11.8 Å². The fraction of sp³-hybridized carbons (Fsp3) is 0.125. The van der Waals surface area contributed by atoms with E-state index in [1.54, 1.807) is 25.1 Å². The van der Waals surface area contributed by atoms with E-state index in [0.717, 1.165) is 22.3 Å². The van der Waals surface area contributed by atoms with Gasteiger partial charge in [0, 0.05) is 36.6 Å². The lowest BCUT2D eigenvalue weighted by Gasteiger charge is -2.09. The van der Waals surface area contributed by atoms with E-state index in [2.05, 4.69) is 20.6 Å². The van der Waals surface area contributed by atoms with Crippen molar-refractivity contribution in [3.05, 3.63) is 66.7 Å². The van der Waals surface area contributed by atoms with Gasteiger partial charge in [-0.05, 0) is 23.8 Å². The molecule has 0 aliphatic carbocycles. The Labute approximate surface area is 127 Å². The zero-order chi connectivity index (χ0) is 14.5. The molecule has 3 rings (SSSR count). The maximum Gasteiger partial charge on any atom is 0.172 e. The van der Waals surface area contributed by atoms with Gasteiger partial charge in [-0.1, -0.05) is 23.9 Å². The van der Waals surface area contributed by atoms with Crippen LogP contribution in [0.15, 0.2) is 66.3 Å². The Morgan fingerprint density at radius 2 is 2.14 bits per heavy atom. The fourth-order valence-electron chi connectivity index (χ4n) is 1.98. The minimum Gasteiger partial charge on any atom is -0.497 e. The molecule has 0 fully saturated rings. The third-order valence-corrected chi connectivity index (χ3v) is 4.07. The van der Waals surface area contributed by atoms with Gasteiger partial charge in [0.1, 0.15) is 5.75 Å². The second-order valence-corrected chi connectivity index (χ2v) is 5.37. The molecule has 0 bridgehead atoms. The average molecular weight is 297 g/mol. The lowest BCUT2D eigenvalue weighted by atomic mass is 10.3. The maximum atomic E-state index is 5.27. The first-order valence-electron chi connectivity index (χ1n) is 6.56. The van der Waals surface area contributed by atoms with E-state index in [0.29, 0.717) is 0 Å². The SMILES string of the molecule is COc1cccc(-n2ccnc2SCc2cccnc2)c1. The van der Waals surface area contributed by atoms with Gasteiger partial charge in [-0.25, -0.2) is 4.98 Å². The summed E-state index contributed by atoms with van der Waals surface area (Å²) in [4.78, 5) is 8.56. The molecule has 0 N–H and O–H groups in total. The Bertz CT molecular complexity index is 712. The first-order valence-corrected chi connectivity index (χ1v) is 7.55. The van der Waals surface area contributed by atoms with Crippen molar-refractivity contribution < 1.29 is 4.74 Å². The molecular weight excluding hydrogens is 282 g/mol. The standard InChI is InChI=1S/C16H15N3OS/c1-20-15-6-2-5-14(10-15)19-9-8-18-16(19)21-12-13-4-3-7-17-11-13/h2-11H,12H2,1H3. The monoisotopic (exact) mass is 297 g/mol. The number of thioether (sulfide) groups is 1. The van der Waals surface area contributed by atoms with Gasteiger partial charge >= 0.3 is 0 Å². The predicted molar refractivity (Wildman–Crippen MR) is 83.9 cm³/mol. The smallest absolute Gasteiger partial charge is 0.172 e. The molecule has 0 saturated carbocycles. The van der Waals surface area contributed by atoms with E-state index in [9.17, 15) is 0 Å². The number of benzene rings is 1. The molecule has 0 atom stereocenters. The maximum absolute atomic E-state index is 5.27. The van der Waals surface area contributed by atoms with Crippen molar-refractivity contribution in [2.75, 3.05) is 7.11 Å². The molecule has 0 radical (unpaired) electrons. The Hall–Kier alpha value is -2.27. The number of imidazole rings is 1. The third-order valence-electron chi connectivity index (χ3n) is 3.03. The van der Waals surface area contributed by atoms with Crippen LogP contribution < -0.4 is 4.74 Å². The van der Waals surface area contributed by atoms with Gasteiger partial charge in [0.2, 0.25) is 0 Å². The normalized spacial score (nSPS) is 10.5. The van der Waals surface area contributed by atoms with Gasteiger partial charge in [0.05, 0.1) is 12.8 Å². The minimum atomic E-state index is 0.837. The van der Waals surface area contributed by atoms with Crippen LogP contribution in [0.2, 0.25) is 0 Å². The van der Waals surface area contributed by atoms with Crippen LogP contribution in [0, 0.1) is 0 Å². The van der Waals surface area contributed by atoms with Crippen molar-refractivity contribution in [3.63, 3.8) is 0 Å². The summed E-state index contributed by atoms with van der Waals surface area (Å²) in [6, 6.07) is 12.0. The van der Waals surface area contributed by atoms with Crippen LogP contribution in [0.25, 0.3) is 5.69 Å². The minimum absolute atomic E-state index is 0.837. The van der Waals surface area contributed by atoms with Crippen LogP contribution in [0.1, 0.15) is 5.56 Å². The van der Waals surface area contributed by atoms with E-state index < -0.39 is 0 Å². The first-order chi connectivity index (χ1) is 10.4. The van der Waals surface area contributed by atoms with Gasteiger partial charge in [-0.3, -0.25) is 9.55 Å². The summed E-state index contributed by atoms with van der Waals surface area (Å²) in [5.74, 6) is 1.68. The van der Waals surface area contributed by atoms with Crippen molar-refractivity contribution in [3.8, 4) is 11.4 Å². The molecule has 4 nitrogen and oxygen atoms in total. The molecule has 0 unspecified atom stereocenters. The molecular formula is C16H15N3OS. The van der Waals surface area contributed by atoms with Crippen LogP contribution in [0.4, 0.5) is 0 Å². The highest BCUT2D eigenvalue weighted by molar-refractivity contribution is 7.98.